The third kappa shape index (κ3) is 5.34. The summed E-state index contributed by atoms with van der Waals surface area (Å²) >= 11 is 7.37. The zero-order chi connectivity index (χ0) is 20.9. The molecule has 156 valence electrons. The zero-order valence-electron chi connectivity index (χ0n) is 16.4. The molecule has 2 heterocycles. The highest BCUT2D eigenvalue weighted by Gasteiger charge is 2.22. The number of aromatic nitrogens is 2. The lowest BCUT2D eigenvalue weighted by atomic mass is 9.97. The number of piperidine rings is 1. The molecule has 4 rings (SSSR count). The van der Waals surface area contributed by atoms with Crippen LogP contribution >= 0.6 is 23.1 Å². The van der Waals surface area contributed by atoms with E-state index in [1.54, 1.807) is 0 Å². The molecule has 5 nitrogen and oxygen atoms in total. The van der Waals surface area contributed by atoms with Crippen LogP contribution in [0.15, 0.2) is 48.5 Å². The van der Waals surface area contributed by atoms with E-state index in [1.807, 2.05) is 24.3 Å². The number of rotatable bonds is 6. The SMILES string of the molecule is O=C(NCC1CCN(c2nc(Cc3ccc(Cl)cc3)ns2)CC1)c1ccc(F)cc1. The average Bonchev–Trinajstić information content (AvgIpc) is 3.23. The van der Waals surface area contributed by atoms with Gasteiger partial charge < -0.3 is 10.2 Å². The first-order valence-corrected chi connectivity index (χ1v) is 11.1. The Hall–Kier alpha value is -2.51. The molecule has 0 spiro atoms. The Balaban J connectivity index is 1.24. The molecule has 2 aromatic carbocycles. The number of hydrogen-bond donors (Lipinski definition) is 1. The largest absolute Gasteiger partial charge is 0.352 e. The molecule has 0 bridgehead atoms. The van der Waals surface area contributed by atoms with Gasteiger partial charge in [-0.05, 0) is 60.7 Å². The molecule has 0 radical (unpaired) electrons. The van der Waals surface area contributed by atoms with Crippen molar-refractivity contribution in [3.63, 3.8) is 0 Å². The fourth-order valence-corrected chi connectivity index (χ4v) is 4.36. The van der Waals surface area contributed by atoms with Gasteiger partial charge in [0.25, 0.3) is 5.91 Å². The van der Waals surface area contributed by atoms with Gasteiger partial charge in [-0.2, -0.15) is 4.37 Å². The summed E-state index contributed by atoms with van der Waals surface area (Å²) in [5.74, 6) is 0.749. The second-order valence-electron chi connectivity index (χ2n) is 7.44. The van der Waals surface area contributed by atoms with Crippen LogP contribution in [-0.2, 0) is 6.42 Å². The van der Waals surface area contributed by atoms with Crippen LogP contribution in [0.25, 0.3) is 0 Å². The highest BCUT2D eigenvalue weighted by atomic mass is 35.5. The quantitative estimate of drug-likeness (QED) is 0.605. The Bertz CT molecular complexity index is 985. The normalized spacial score (nSPS) is 14.7. The second-order valence-corrected chi connectivity index (χ2v) is 8.61. The number of amides is 1. The molecule has 0 aliphatic carbocycles. The number of nitrogens with zero attached hydrogens (tertiary/aromatic N) is 3. The summed E-state index contributed by atoms with van der Waals surface area (Å²) < 4.78 is 17.5. The second kappa shape index (κ2) is 9.53. The van der Waals surface area contributed by atoms with Crippen molar-refractivity contribution in [2.24, 2.45) is 5.92 Å². The summed E-state index contributed by atoms with van der Waals surface area (Å²) in [6, 6.07) is 13.4. The van der Waals surface area contributed by atoms with E-state index in [-0.39, 0.29) is 11.7 Å². The molecule has 30 heavy (non-hydrogen) atoms. The first-order chi connectivity index (χ1) is 14.6. The zero-order valence-corrected chi connectivity index (χ0v) is 17.9. The van der Waals surface area contributed by atoms with Crippen LogP contribution in [0.2, 0.25) is 5.02 Å². The molecule has 8 heteroatoms. The van der Waals surface area contributed by atoms with Gasteiger partial charge in [0.2, 0.25) is 5.13 Å². The minimum atomic E-state index is -0.341. The number of carbonyl (C=O) groups is 1. The van der Waals surface area contributed by atoms with Crippen molar-refractivity contribution in [2.75, 3.05) is 24.5 Å². The van der Waals surface area contributed by atoms with Gasteiger partial charge in [0, 0.05) is 48.2 Å². The maximum absolute atomic E-state index is 13.0. The molecule has 0 atom stereocenters. The summed E-state index contributed by atoms with van der Waals surface area (Å²) in [5, 5.41) is 4.64. The van der Waals surface area contributed by atoms with Gasteiger partial charge in [0.15, 0.2) is 0 Å². The maximum atomic E-state index is 13.0. The van der Waals surface area contributed by atoms with Crippen molar-refractivity contribution in [1.29, 1.82) is 0 Å². The lowest BCUT2D eigenvalue weighted by Gasteiger charge is -2.31. The van der Waals surface area contributed by atoms with E-state index in [0.717, 1.165) is 47.5 Å². The van der Waals surface area contributed by atoms with Gasteiger partial charge in [-0.15, -0.1) is 0 Å². The van der Waals surface area contributed by atoms with E-state index < -0.39 is 0 Å². The van der Waals surface area contributed by atoms with Crippen LogP contribution < -0.4 is 10.2 Å². The van der Waals surface area contributed by atoms with Gasteiger partial charge in [-0.3, -0.25) is 4.79 Å². The van der Waals surface area contributed by atoms with Crippen LogP contribution in [0.3, 0.4) is 0 Å². The van der Waals surface area contributed by atoms with Crippen molar-refractivity contribution in [3.05, 3.63) is 76.3 Å². The standard InChI is InChI=1S/C22H22ClFN4OS/c23-18-5-1-15(2-6-18)13-20-26-22(30-27-20)28-11-9-16(10-12-28)14-25-21(29)17-3-7-19(24)8-4-17/h1-8,16H,9-14H2,(H,25,29). The molecule has 1 aliphatic rings. The third-order valence-electron chi connectivity index (χ3n) is 5.28. The van der Waals surface area contributed by atoms with Gasteiger partial charge >= 0.3 is 0 Å². The van der Waals surface area contributed by atoms with E-state index in [1.165, 1.54) is 35.8 Å². The van der Waals surface area contributed by atoms with Crippen molar-refractivity contribution in [1.82, 2.24) is 14.7 Å². The van der Waals surface area contributed by atoms with E-state index in [4.69, 9.17) is 16.6 Å². The topological polar surface area (TPSA) is 58.1 Å². The summed E-state index contributed by atoms with van der Waals surface area (Å²) in [6.45, 7) is 2.42. The molecule has 0 saturated carbocycles. The van der Waals surface area contributed by atoms with Crippen molar-refractivity contribution < 1.29 is 9.18 Å². The Labute approximate surface area is 184 Å². The number of benzene rings is 2. The van der Waals surface area contributed by atoms with Crippen LogP contribution in [-0.4, -0.2) is 34.9 Å². The van der Waals surface area contributed by atoms with E-state index in [0.29, 0.717) is 24.4 Å². The van der Waals surface area contributed by atoms with Crippen LogP contribution in [0, 0.1) is 11.7 Å². The Morgan fingerprint density at radius 1 is 1.13 bits per heavy atom. The van der Waals surface area contributed by atoms with Crippen molar-refractivity contribution in [3.8, 4) is 0 Å². The Kier molecular flexibility index (Phi) is 6.59. The number of nitrogens with one attached hydrogen (secondary N) is 1. The van der Waals surface area contributed by atoms with Crippen molar-refractivity contribution in [2.45, 2.75) is 19.3 Å². The Morgan fingerprint density at radius 3 is 2.53 bits per heavy atom. The van der Waals surface area contributed by atoms with Crippen LogP contribution in [0.1, 0.15) is 34.6 Å². The maximum Gasteiger partial charge on any atom is 0.251 e. The number of carbonyl (C=O) groups excluding carboxylic acids is 1. The molecule has 1 saturated heterocycles. The van der Waals surface area contributed by atoms with Crippen molar-refractivity contribution >= 4 is 34.2 Å². The molecule has 1 fully saturated rings. The fourth-order valence-electron chi connectivity index (χ4n) is 3.50. The highest BCUT2D eigenvalue weighted by molar-refractivity contribution is 7.09. The summed E-state index contributed by atoms with van der Waals surface area (Å²) in [4.78, 5) is 19.2. The fraction of sp³-hybridized carbons (Fsp3) is 0.318. The number of anilines is 1. The smallest absolute Gasteiger partial charge is 0.251 e. The van der Waals surface area contributed by atoms with E-state index in [9.17, 15) is 9.18 Å². The van der Waals surface area contributed by atoms with Crippen LogP contribution in [0.5, 0.6) is 0 Å². The lowest BCUT2D eigenvalue weighted by molar-refractivity contribution is 0.0945. The number of hydrogen-bond acceptors (Lipinski definition) is 5. The molecular weight excluding hydrogens is 423 g/mol. The molecule has 0 unspecified atom stereocenters. The molecule has 1 aromatic heterocycles. The van der Waals surface area contributed by atoms with Gasteiger partial charge in [0.1, 0.15) is 11.6 Å². The minimum absolute atomic E-state index is 0.159. The molecular formula is C22H22ClFN4OS. The molecule has 3 aromatic rings. The van der Waals surface area contributed by atoms with E-state index in [2.05, 4.69) is 14.6 Å². The monoisotopic (exact) mass is 444 g/mol. The Morgan fingerprint density at radius 2 is 1.83 bits per heavy atom. The van der Waals surface area contributed by atoms with E-state index >= 15 is 0 Å². The summed E-state index contributed by atoms with van der Waals surface area (Å²) in [5.41, 5.74) is 1.62. The molecule has 1 amide bonds. The van der Waals surface area contributed by atoms with Gasteiger partial charge in [-0.25, -0.2) is 9.37 Å². The first-order valence-electron chi connectivity index (χ1n) is 9.92. The highest BCUT2D eigenvalue weighted by Crippen LogP contribution is 2.25. The minimum Gasteiger partial charge on any atom is -0.352 e. The lowest BCUT2D eigenvalue weighted by Crippen LogP contribution is -2.38. The molecule has 1 N–H and O–H groups in total. The van der Waals surface area contributed by atoms with Gasteiger partial charge in [-0.1, -0.05) is 23.7 Å². The average molecular weight is 445 g/mol. The molecule has 1 aliphatic heterocycles. The third-order valence-corrected chi connectivity index (χ3v) is 6.34. The number of halogens is 2. The predicted octanol–water partition coefficient (Wildman–Crippen LogP) is 4.57. The summed E-state index contributed by atoms with van der Waals surface area (Å²) in [6.07, 6.45) is 2.66. The first kappa shape index (κ1) is 20.8. The predicted molar refractivity (Wildman–Crippen MR) is 118 cm³/mol. The van der Waals surface area contributed by atoms with Gasteiger partial charge in [0.05, 0.1) is 0 Å². The summed E-state index contributed by atoms with van der Waals surface area (Å²) in [7, 11) is 0. The van der Waals surface area contributed by atoms with Crippen LogP contribution in [0.4, 0.5) is 9.52 Å².